The minimum Gasteiger partial charge on any atom is -0.497 e. The second kappa shape index (κ2) is 6.93. The molecule has 1 aliphatic rings. The number of rotatable bonds is 5. The largest absolute Gasteiger partial charge is 0.497 e. The van der Waals surface area contributed by atoms with E-state index in [2.05, 4.69) is 11.0 Å². The van der Waals surface area contributed by atoms with Gasteiger partial charge in [-0.1, -0.05) is 30.3 Å². The summed E-state index contributed by atoms with van der Waals surface area (Å²) in [5.74, 6) is 0.0899. The van der Waals surface area contributed by atoms with Crippen molar-refractivity contribution < 1.29 is 19.4 Å². The summed E-state index contributed by atoms with van der Waals surface area (Å²) in [6, 6.07) is 14.9. The maximum Gasteiger partial charge on any atom is 0.337 e. The standard InChI is InChI=1S/C19H21NO4/c1-23-15-9-7-14(8-10-15)17(18(21)19(22)24-2)20-12-11-13-5-3-4-6-16(13)20/h3-10,17-18,21H,11-12H2,1-2H3. The van der Waals surface area contributed by atoms with E-state index in [-0.39, 0.29) is 0 Å². The Bertz CT molecular complexity index is 714. The second-order valence-corrected chi connectivity index (χ2v) is 5.76. The zero-order chi connectivity index (χ0) is 17.1. The predicted molar refractivity (Wildman–Crippen MR) is 91.2 cm³/mol. The number of esters is 1. The van der Waals surface area contributed by atoms with Crippen molar-refractivity contribution in [3.05, 3.63) is 59.7 Å². The van der Waals surface area contributed by atoms with Crippen LogP contribution in [0.5, 0.6) is 5.75 Å². The van der Waals surface area contributed by atoms with Crippen LogP contribution in [0, 0.1) is 0 Å². The Morgan fingerprint density at radius 1 is 1.12 bits per heavy atom. The van der Waals surface area contributed by atoms with Gasteiger partial charge in [0.25, 0.3) is 0 Å². The third kappa shape index (κ3) is 2.95. The Kier molecular flexibility index (Phi) is 4.71. The maximum atomic E-state index is 12.0. The number of para-hydroxylation sites is 1. The zero-order valence-electron chi connectivity index (χ0n) is 13.8. The lowest BCUT2D eigenvalue weighted by atomic mass is 9.99. The van der Waals surface area contributed by atoms with Crippen molar-refractivity contribution in [2.24, 2.45) is 0 Å². The van der Waals surface area contributed by atoms with Crippen LogP contribution in [0.4, 0.5) is 5.69 Å². The summed E-state index contributed by atoms with van der Waals surface area (Å²) in [5, 5.41) is 10.6. The van der Waals surface area contributed by atoms with Gasteiger partial charge in [-0.05, 0) is 35.7 Å². The number of hydrogen-bond acceptors (Lipinski definition) is 5. The Morgan fingerprint density at radius 2 is 1.83 bits per heavy atom. The predicted octanol–water partition coefficient (Wildman–Crippen LogP) is 2.33. The number of aliphatic hydroxyl groups excluding tert-OH is 1. The number of anilines is 1. The van der Waals surface area contributed by atoms with E-state index in [4.69, 9.17) is 9.47 Å². The van der Waals surface area contributed by atoms with Gasteiger partial charge in [0.2, 0.25) is 0 Å². The number of carbonyl (C=O) groups is 1. The average Bonchev–Trinajstić information content (AvgIpc) is 3.05. The van der Waals surface area contributed by atoms with Gasteiger partial charge in [-0.25, -0.2) is 4.79 Å². The first-order chi connectivity index (χ1) is 11.7. The molecule has 0 aromatic heterocycles. The summed E-state index contributed by atoms with van der Waals surface area (Å²) in [6.07, 6.45) is -0.383. The number of benzene rings is 2. The van der Waals surface area contributed by atoms with Crippen LogP contribution in [0.2, 0.25) is 0 Å². The van der Waals surface area contributed by atoms with Crippen LogP contribution in [0.3, 0.4) is 0 Å². The van der Waals surface area contributed by atoms with E-state index < -0.39 is 18.1 Å². The Labute approximate surface area is 141 Å². The maximum absolute atomic E-state index is 12.0. The molecule has 2 aromatic carbocycles. The SMILES string of the molecule is COC(=O)C(O)C(c1ccc(OC)cc1)N1CCc2ccccc21. The lowest BCUT2D eigenvalue weighted by Crippen LogP contribution is -2.40. The Balaban J connectivity index is 2.01. The van der Waals surface area contributed by atoms with Gasteiger partial charge in [0.1, 0.15) is 5.75 Å². The van der Waals surface area contributed by atoms with Crippen molar-refractivity contribution in [1.82, 2.24) is 0 Å². The van der Waals surface area contributed by atoms with Gasteiger partial charge in [-0.3, -0.25) is 0 Å². The molecule has 0 amide bonds. The first kappa shape index (κ1) is 16.3. The lowest BCUT2D eigenvalue weighted by molar-refractivity contribution is -0.151. The van der Waals surface area contributed by atoms with Crippen molar-refractivity contribution in [3.63, 3.8) is 0 Å². The molecule has 5 nitrogen and oxygen atoms in total. The van der Waals surface area contributed by atoms with E-state index in [1.807, 2.05) is 42.5 Å². The minimum atomic E-state index is -1.27. The average molecular weight is 327 g/mol. The van der Waals surface area contributed by atoms with E-state index in [0.717, 1.165) is 30.0 Å². The Hall–Kier alpha value is -2.53. The van der Waals surface area contributed by atoms with Gasteiger partial charge in [0, 0.05) is 12.2 Å². The molecule has 0 fully saturated rings. The number of carbonyl (C=O) groups excluding carboxylic acids is 1. The van der Waals surface area contributed by atoms with Crippen LogP contribution in [0.25, 0.3) is 0 Å². The van der Waals surface area contributed by atoms with Gasteiger partial charge in [-0.2, -0.15) is 0 Å². The molecule has 2 atom stereocenters. The lowest BCUT2D eigenvalue weighted by Gasteiger charge is -2.33. The van der Waals surface area contributed by atoms with Gasteiger partial charge >= 0.3 is 5.97 Å². The Morgan fingerprint density at radius 3 is 2.50 bits per heavy atom. The summed E-state index contributed by atoms with van der Waals surface area (Å²) < 4.78 is 9.96. The fourth-order valence-electron chi connectivity index (χ4n) is 3.24. The van der Waals surface area contributed by atoms with Crippen LogP contribution in [0.1, 0.15) is 17.2 Å². The normalized spacial score (nSPS) is 15.5. The van der Waals surface area contributed by atoms with E-state index in [1.165, 1.54) is 12.7 Å². The molecule has 2 unspecified atom stereocenters. The molecular formula is C19H21NO4. The first-order valence-corrected chi connectivity index (χ1v) is 7.90. The third-order valence-corrected chi connectivity index (χ3v) is 4.46. The van der Waals surface area contributed by atoms with Crippen molar-refractivity contribution in [1.29, 1.82) is 0 Å². The number of aliphatic hydroxyl groups is 1. The summed E-state index contributed by atoms with van der Waals surface area (Å²) >= 11 is 0. The quantitative estimate of drug-likeness (QED) is 0.854. The second-order valence-electron chi connectivity index (χ2n) is 5.76. The molecule has 0 radical (unpaired) electrons. The fraction of sp³-hybridized carbons (Fsp3) is 0.316. The number of hydrogen-bond donors (Lipinski definition) is 1. The summed E-state index contributed by atoms with van der Waals surface area (Å²) in [7, 11) is 2.89. The highest BCUT2D eigenvalue weighted by Gasteiger charge is 2.36. The van der Waals surface area contributed by atoms with Crippen molar-refractivity contribution in [2.45, 2.75) is 18.6 Å². The van der Waals surface area contributed by atoms with Gasteiger partial charge < -0.3 is 19.5 Å². The van der Waals surface area contributed by atoms with E-state index in [9.17, 15) is 9.90 Å². The van der Waals surface area contributed by atoms with Crippen LogP contribution in [0.15, 0.2) is 48.5 Å². The van der Waals surface area contributed by atoms with Crippen LogP contribution in [-0.4, -0.2) is 37.9 Å². The molecule has 24 heavy (non-hydrogen) atoms. The topological polar surface area (TPSA) is 59.0 Å². The first-order valence-electron chi connectivity index (χ1n) is 7.90. The van der Waals surface area contributed by atoms with E-state index in [1.54, 1.807) is 7.11 Å². The third-order valence-electron chi connectivity index (χ3n) is 4.46. The molecule has 2 aromatic rings. The number of methoxy groups -OCH3 is 2. The van der Waals surface area contributed by atoms with Crippen LogP contribution in [-0.2, 0) is 16.0 Å². The fourth-order valence-corrected chi connectivity index (χ4v) is 3.24. The highest BCUT2D eigenvalue weighted by Crippen LogP contribution is 2.37. The highest BCUT2D eigenvalue weighted by molar-refractivity contribution is 5.77. The molecule has 3 rings (SSSR count). The van der Waals surface area contributed by atoms with Crippen LogP contribution < -0.4 is 9.64 Å². The van der Waals surface area contributed by atoms with Crippen molar-refractivity contribution in [2.75, 3.05) is 25.7 Å². The molecule has 1 heterocycles. The van der Waals surface area contributed by atoms with Crippen molar-refractivity contribution >= 4 is 11.7 Å². The molecule has 0 bridgehead atoms. The molecule has 126 valence electrons. The van der Waals surface area contributed by atoms with Gasteiger partial charge in [0.15, 0.2) is 6.10 Å². The van der Waals surface area contributed by atoms with Gasteiger partial charge in [0.05, 0.1) is 20.3 Å². The van der Waals surface area contributed by atoms with Crippen molar-refractivity contribution in [3.8, 4) is 5.75 Å². The number of fused-ring (bicyclic) bond motifs is 1. The van der Waals surface area contributed by atoms with E-state index >= 15 is 0 Å². The molecule has 0 spiro atoms. The molecule has 1 N–H and O–H groups in total. The summed E-state index contributed by atoms with van der Waals surface area (Å²) in [6.45, 7) is 0.740. The monoisotopic (exact) mass is 327 g/mol. The molecule has 0 saturated heterocycles. The smallest absolute Gasteiger partial charge is 0.337 e. The minimum absolute atomic E-state index is 0.507. The number of nitrogens with zero attached hydrogens (tertiary/aromatic N) is 1. The summed E-state index contributed by atoms with van der Waals surface area (Å²) in [5.41, 5.74) is 3.10. The molecule has 0 saturated carbocycles. The van der Waals surface area contributed by atoms with Crippen LogP contribution >= 0.6 is 0 Å². The zero-order valence-corrected chi connectivity index (χ0v) is 13.8. The molecular weight excluding hydrogens is 306 g/mol. The van der Waals surface area contributed by atoms with E-state index in [0.29, 0.717) is 0 Å². The molecule has 1 aliphatic heterocycles. The number of ether oxygens (including phenoxy) is 2. The molecule has 5 heteroatoms. The highest BCUT2D eigenvalue weighted by atomic mass is 16.5. The summed E-state index contributed by atoms with van der Waals surface area (Å²) in [4.78, 5) is 14.1. The van der Waals surface area contributed by atoms with Gasteiger partial charge in [-0.15, -0.1) is 0 Å². The molecule has 0 aliphatic carbocycles.